The van der Waals surface area contributed by atoms with Gasteiger partial charge in [0.2, 0.25) is 0 Å². The fraction of sp³-hybridized carbons (Fsp3) is 0.625. The van der Waals surface area contributed by atoms with E-state index in [2.05, 4.69) is 5.32 Å². The van der Waals surface area contributed by atoms with Crippen molar-refractivity contribution in [3.05, 3.63) is 24.3 Å². The summed E-state index contributed by atoms with van der Waals surface area (Å²) in [6.45, 7) is 4.85. The topological polar surface area (TPSA) is 71.0 Å². The van der Waals surface area contributed by atoms with Crippen LogP contribution in [0.4, 0.5) is 0 Å². The molecule has 1 rings (SSSR count). The summed E-state index contributed by atoms with van der Waals surface area (Å²) in [7, 11) is 1.60. The molecule has 0 saturated heterocycles. The molecule has 0 radical (unpaired) electrons. The molecule has 0 aromatic heterocycles. The molecule has 3 N–H and O–H groups in total. The predicted molar refractivity (Wildman–Crippen MR) is 82.9 cm³/mol. The van der Waals surface area contributed by atoms with Gasteiger partial charge in [-0.05, 0) is 25.5 Å². The molecule has 21 heavy (non-hydrogen) atoms. The van der Waals surface area contributed by atoms with Crippen LogP contribution in [-0.2, 0) is 0 Å². The van der Waals surface area contributed by atoms with Gasteiger partial charge in [-0.3, -0.25) is 0 Å². The van der Waals surface area contributed by atoms with Crippen molar-refractivity contribution in [3.63, 3.8) is 0 Å². The second-order valence-electron chi connectivity index (χ2n) is 5.52. The summed E-state index contributed by atoms with van der Waals surface area (Å²) < 4.78 is 10.6. The molecule has 0 aliphatic carbocycles. The molecule has 0 fully saturated rings. The molecule has 0 bridgehead atoms. The minimum absolute atomic E-state index is 0.191. The third kappa shape index (κ3) is 7.32. The lowest BCUT2D eigenvalue weighted by Gasteiger charge is -2.24. The van der Waals surface area contributed by atoms with Crippen LogP contribution in [0, 0.1) is 0 Å². The van der Waals surface area contributed by atoms with E-state index < -0.39 is 11.7 Å². The molecule has 0 saturated carbocycles. The first kappa shape index (κ1) is 17.8. The van der Waals surface area contributed by atoms with Gasteiger partial charge < -0.3 is 25.0 Å². The monoisotopic (exact) mass is 297 g/mol. The number of aliphatic hydroxyl groups excluding tert-OH is 1. The SMILES string of the molecule is CCCC(C)(O)CNCC(O)COc1cccc(OC)c1. The molecular formula is C16H27NO4. The number of methoxy groups -OCH3 is 1. The molecule has 5 nitrogen and oxygen atoms in total. The Hall–Kier alpha value is -1.30. The molecule has 0 aliphatic heterocycles. The molecular weight excluding hydrogens is 270 g/mol. The van der Waals surface area contributed by atoms with Gasteiger partial charge in [0.15, 0.2) is 0 Å². The van der Waals surface area contributed by atoms with Crippen molar-refractivity contribution < 1.29 is 19.7 Å². The summed E-state index contributed by atoms with van der Waals surface area (Å²) in [5.41, 5.74) is -0.734. The normalized spacial score (nSPS) is 15.3. The fourth-order valence-electron chi connectivity index (χ4n) is 2.08. The lowest BCUT2D eigenvalue weighted by molar-refractivity contribution is 0.0427. The average Bonchev–Trinajstić information content (AvgIpc) is 2.45. The number of aliphatic hydroxyl groups is 2. The predicted octanol–water partition coefficient (Wildman–Crippen LogP) is 1.58. The summed E-state index contributed by atoms with van der Waals surface area (Å²) in [5.74, 6) is 1.38. The Morgan fingerprint density at radius 2 is 2.05 bits per heavy atom. The van der Waals surface area contributed by atoms with Crippen LogP contribution in [0.3, 0.4) is 0 Å². The first-order chi connectivity index (χ1) is 9.96. The van der Waals surface area contributed by atoms with Gasteiger partial charge in [0.1, 0.15) is 24.2 Å². The largest absolute Gasteiger partial charge is 0.497 e. The number of benzene rings is 1. The highest BCUT2D eigenvalue weighted by Gasteiger charge is 2.18. The summed E-state index contributed by atoms with van der Waals surface area (Å²) in [4.78, 5) is 0. The van der Waals surface area contributed by atoms with Gasteiger partial charge in [0.25, 0.3) is 0 Å². The maximum absolute atomic E-state index is 10.0. The molecule has 1 aromatic carbocycles. The Labute approximate surface area is 126 Å². The van der Waals surface area contributed by atoms with Crippen LogP contribution in [0.25, 0.3) is 0 Å². The summed E-state index contributed by atoms with van der Waals surface area (Å²) in [5, 5.41) is 22.9. The van der Waals surface area contributed by atoms with Crippen LogP contribution < -0.4 is 14.8 Å². The Morgan fingerprint density at radius 1 is 1.33 bits per heavy atom. The van der Waals surface area contributed by atoms with Gasteiger partial charge in [0.05, 0.1) is 12.7 Å². The average molecular weight is 297 g/mol. The molecule has 0 aliphatic rings. The second-order valence-corrected chi connectivity index (χ2v) is 5.52. The van der Waals surface area contributed by atoms with E-state index in [4.69, 9.17) is 9.47 Å². The van der Waals surface area contributed by atoms with Crippen LogP contribution in [0.2, 0.25) is 0 Å². The van der Waals surface area contributed by atoms with Crippen molar-refractivity contribution in [2.75, 3.05) is 26.8 Å². The summed E-state index contributed by atoms with van der Waals surface area (Å²) >= 11 is 0. The van der Waals surface area contributed by atoms with Gasteiger partial charge in [-0.25, -0.2) is 0 Å². The zero-order valence-corrected chi connectivity index (χ0v) is 13.1. The van der Waals surface area contributed by atoms with Crippen molar-refractivity contribution in [2.45, 2.75) is 38.4 Å². The Balaban J connectivity index is 2.26. The molecule has 0 spiro atoms. The standard InChI is InChI=1S/C16H27NO4/c1-4-8-16(2,19)12-17-10-13(18)11-21-15-7-5-6-14(9-15)20-3/h5-7,9,13,17-19H,4,8,10-12H2,1-3H3. The minimum atomic E-state index is -0.734. The number of nitrogens with one attached hydrogen (secondary N) is 1. The third-order valence-corrected chi connectivity index (χ3v) is 3.16. The van der Waals surface area contributed by atoms with E-state index in [1.165, 1.54) is 0 Å². The van der Waals surface area contributed by atoms with E-state index in [-0.39, 0.29) is 6.61 Å². The molecule has 1 aromatic rings. The van der Waals surface area contributed by atoms with Gasteiger partial charge in [-0.2, -0.15) is 0 Å². The first-order valence-corrected chi connectivity index (χ1v) is 7.35. The zero-order valence-electron chi connectivity index (χ0n) is 13.1. The van der Waals surface area contributed by atoms with Crippen LogP contribution in [0.5, 0.6) is 11.5 Å². The van der Waals surface area contributed by atoms with E-state index >= 15 is 0 Å². The van der Waals surface area contributed by atoms with Crippen LogP contribution in [-0.4, -0.2) is 48.7 Å². The van der Waals surface area contributed by atoms with Crippen LogP contribution in [0.1, 0.15) is 26.7 Å². The minimum Gasteiger partial charge on any atom is -0.497 e. The second kappa shape index (κ2) is 8.87. The van der Waals surface area contributed by atoms with Gasteiger partial charge in [-0.1, -0.05) is 19.4 Å². The number of hydrogen-bond acceptors (Lipinski definition) is 5. The Morgan fingerprint density at radius 3 is 2.71 bits per heavy atom. The summed E-state index contributed by atoms with van der Waals surface area (Å²) in [6, 6.07) is 7.25. The van der Waals surface area contributed by atoms with Gasteiger partial charge in [-0.15, -0.1) is 0 Å². The molecule has 0 heterocycles. The third-order valence-electron chi connectivity index (χ3n) is 3.16. The van der Waals surface area contributed by atoms with E-state index in [0.717, 1.165) is 18.6 Å². The van der Waals surface area contributed by atoms with E-state index in [1.807, 2.05) is 25.1 Å². The molecule has 120 valence electrons. The van der Waals surface area contributed by atoms with Gasteiger partial charge in [0, 0.05) is 19.2 Å². The molecule has 0 amide bonds. The van der Waals surface area contributed by atoms with E-state index in [0.29, 0.717) is 18.8 Å². The summed E-state index contributed by atoms with van der Waals surface area (Å²) in [6.07, 6.45) is 1.03. The van der Waals surface area contributed by atoms with Crippen molar-refractivity contribution >= 4 is 0 Å². The number of hydrogen-bond donors (Lipinski definition) is 3. The van der Waals surface area contributed by atoms with E-state index in [1.54, 1.807) is 20.1 Å². The maximum atomic E-state index is 10.0. The van der Waals surface area contributed by atoms with Crippen LogP contribution >= 0.6 is 0 Å². The number of ether oxygens (including phenoxy) is 2. The van der Waals surface area contributed by atoms with Crippen molar-refractivity contribution in [2.24, 2.45) is 0 Å². The van der Waals surface area contributed by atoms with Crippen LogP contribution in [0.15, 0.2) is 24.3 Å². The van der Waals surface area contributed by atoms with Crippen molar-refractivity contribution in [1.82, 2.24) is 5.32 Å². The van der Waals surface area contributed by atoms with E-state index in [9.17, 15) is 10.2 Å². The highest BCUT2D eigenvalue weighted by Crippen LogP contribution is 2.18. The highest BCUT2D eigenvalue weighted by atomic mass is 16.5. The Bertz CT molecular complexity index is 409. The van der Waals surface area contributed by atoms with Crippen molar-refractivity contribution in [1.29, 1.82) is 0 Å². The zero-order chi connectivity index (χ0) is 15.7. The van der Waals surface area contributed by atoms with Gasteiger partial charge >= 0.3 is 0 Å². The first-order valence-electron chi connectivity index (χ1n) is 7.35. The fourth-order valence-corrected chi connectivity index (χ4v) is 2.08. The highest BCUT2D eigenvalue weighted by molar-refractivity contribution is 5.32. The lowest BCUT2D eigenvalue weighted by atomic mass is 10.0. The number of rotatable bonds is 10. The lowest BCUT2D eigenvalue weighted by Crippen LogP contribution is -2.41. The molecule has 5 heteroatoms. The maximum Gasteiger partial charge on any atom is 0.123 e. The van der Waals surface area contributed by atoms with Crippen molar-refractivity contribution in [3.8, 4) is 11.5 Å². The quantitative estimate of drug-likeness (QED) is 0.611. The smallest absolute Gasteiger partial charge is 0.123 e. The molecule has 2 atom stereocenters. The Kier molecular flexibility index (Phi) is 7.50. The molecule has 2 unspecified atom stereocenters.